The molecule has 0 fully saturated rings. The van der Waals surface area contributed by atoms with Crippen LogP contribution in [0.1, 0.15) is 64.3 Å². The van der Waals surface area contributed by atoms with Crippen molar-refractivity contribution in [3.8, 4) is 5.75 Å². The Morgan fingerprint density at radius 2 is 1.45 bits per heavy atom. The zero-order chi connectivity index (χ0) is 16.6. The lowest BCUT2D eigenvalue weighted by Crippen LogP contribution is -2.25. The number of phenolic OH excluding ortho intramolecular Hbond substituents is 1. The Balaban J connectivity index is 0.00000441. The van der Waals surface area contributed by atoms with Gasteiger partial charge in [-0.1, -0.05) is 41.5 Å². The Hall–Kier alpha value is -1.26. The van der Waals surface area contributed by atoms with Gasteiger partial charge in [0.15, 0.2) is 0 Å². The molecule has 0 unspecified atom stereocenters. The zero-order valence-corrected chi connectivity index (χ0v) is 15.3. The van der Waals surface area contributed by atoms with Crippen molar-refractivity contribution in [3.05, 3.63) is 28.8 Å². The van der Waals surface area contributed by atoms with Crippen LogP contribution >= 0.6 is 12.4 Å². The third kappa shape index (κ3) is 4.37. The summed E-state index contributed by atoms with van der Waals surface area (Å²) in [5, 5.41) is 10.6. The van der Waals surface area contributed by atoms with E-state index in [1.54, 1.807) is 12.1 Å². The maximum Gasteiger partial charge on any atom is 0.327 e. The summed E-state index contributed by atoms with van der Waals surface area (Å²) >= 11 is 0. The van der Waals surface area contributed by atoms with Crippen LogP contribution in [0.2, 0.25) is 0 Å². The second-order valence-corrected chi connectivity index (χ2v) is 7.47. The summed E-state index contributed by atoms with van der Waals surface area (Å²) in [5.41, 5.74) is 7.68. The molecule has 0 saturated heterocycles. The number of halogens is 1. The maximum absolute atomic E-state index is 11.7. The molecule has 0 aliphatic heterocycles. The van der Waals surface area contributed by atoms with Gasteiger partial charge in [-0.15, -0.1) is 12.4 Å². The van der Waals surface area contributed by atoms with E-state index in [0.29, 0.717) is 5.56 Å². The minimum Gasteiger partial charge on any atom is -0.507 e. The first kappa shape index (κ1) is 20.7. The van der Waals surface area contributed by atoms with Gasteiger partial charge in [-0.2, -0.15) is 0 Å². The molecule has 0 radical (unpaired) electrons. The van der Waals surface area contributed by atoms with E-state index in [0.717, 1.165) is 11.1 Å². The molecule has 0 heterocycles. The van der Waals surface area contributed by atoms with Crippen LogP contribution in [0.15, 0.2) is 12.1 Å². The number of ether oxygens (including phenoxy) is 1. The maximum atomic E-state index is 11.7. The Labute approximate surface area is 139 Å². The lowest BCUT2D eigenvalue weighted by molar-refractivity contribution is -0.142. The van der Waals surface area contributed by atoms with Crippen molar-refractivity contribution in [1.82, 2.24) is 0 Å². The molecular formula is C17H28ClNO3. The predicted octanol–water partition coefficient (Wildman–Crippen LogP) is 3.58. The van der Waals surface area contributed by atoms with Gasteiger partial charge < -0.3 is 15.6 Å². The highest BCUT2D eigenvalue weighted by molar-refractivity contribution is 5.85. The van der Waals surface area contributed by atoms with E-state index in [1.165, 1.54) is 7.11 Å². The SMILES string of the molecule is COC(=O)[C@H](N)c1cc(C(C)(C)C)c(O)c(C(C)(C)C)c1.Cl. The van der Waals surface area contributed by atoms with Crippen LogP contribution in [0.5, 0.6) is 5.75 Å². The van der Waals surface area contributed by atoms with Crippen LogP contribution in [-0.4, -0.2) is 18.2 Å². The first-order valence-electron chi connectivity index (χ1n) is 7.11. The number of aromatic hydroxyl groups is 1. The quantitative estimate of drug-likeness (QED) is 0.813. The Morgan fingerprint density at radius 3 is 1.73 bits per heavy atom. The summed E-state index contributed by atoms with van der Waals surface area (Å²) in [7, 11) is 1.32. The van der Waals surface area contributed by atoms with Crippen molar-refractivity contribution in [2.45, 2.75) is 58.4 Å². The number of methoxy groups -OCH3 is 1. The largest absolute Gasteiger partial charge is 0.507 e. The highest BCUT2D eigenvalue weighted by Crippen LogP contribution is 2.40. The minimum absolute atomic E-state index is 0. The molecule has 1 aromatic carbocycles. The first-order chi connectivity index (χ1) is 9.39. The van der Waals surface area contributed by atoms with E-state index in [2.05, 4.69) is 0 Å². The second-order valence-electron chi connectivity index (χ2n) is 7.47. The number of esters is 1. The van der Waals surface area contributed by atoms with Gasteiger partial charge in [0.1, 0.15) is 11.8 Å². The molecule has 0 saturated carbocycles. The number of hydrogen-bond acceptors (Lipinski definition) is 4. The first-order valence-corrected chi connectivity index (χ1v) is 7.11. The molecule has 22 heavy (non-hydrogen) atoms. The molecule has 126 valence electrons. The number of carbonyl (C=O) groups excluding carboxylic acids is 1. The van der Waals surface area contributed by atoms with Gasteiger partial charge in [0, 0.05) is 0 Å². The van der Waals surface area contributed by atoms with E-state index in [-0.39, 0.29) is 29.0 Å². The molecule has 0 aliphatic carbocycles. The van der Waals surface area contributed by atoms with Crippen LogP contribution < -0.4 is 5.73 Å². The van der Waals surface area contributed by atoms with Gasteiger partial charge in [0.05, 0.1) is 7.11 Å². The molecule has 0 aromatic heterocycles. The zero-order valence-electron chi connectivity index (χ0n) is 14.5. The Kier molecular flexibility index (Phi) is 6.49. The molecule has 1 aromatic rings. The normalized spacial score (nSPS) is 13.3. The molecule has 0 spiro atoms. The standard InChI is InChI=1S/C17H27NO3.ClH/c1-16(2,3)11-8-10(13(18)15(20)21-7)9-12(14(11)19)17(4,5)6;/h8-9,13,19H,18H2,1-7H3;1H/t13-;/m1./s1. The predicted molar refractivity (Wildman–Crippen MR) is 91.7 cm³/mol. The molecule has 1 atom stereocenters. The third-order valence-electron chi connectivity index (χ3n) is 3.56. The third-order valence-corrected chi connectivity index (χ3v) is 3.56. The minimum atomic E-state index is -0.849. The average Bonchev–Trinajstić information content (AvgIpc) is 2.34. The second kappa shape index (κ2) is 6.88. The molecule has 0 amide bonds. The van der Waals surface area contributed by atoms with E-state index in [9.17, 15) is 9.90 Å². The lowest BCUT2D eigenvalue weighted by Gasteiger charge is -2.29. The molecule has 5 heteroatoms. The van der Waals surface area contributed by atoms with Crippen molar-refractivity contribution >= 4 is 18.4 Å². The fourth-order valence-corrected chi connectivity index (χ4v) is 2.24. The van der Waals surface area contributed by atoms with Crippen LogP contribution in [0.4, 0.5) is 0 Å². The van der Waals surface area contributed by atoms with Crippen molar-refractivity contribution in [1.29, 1.82) is 0 Å². The van der Waals surface area contributed by atoms with Gasteiger partial charge >= 0.3 is 5.97 Å². The molecule has 0 aliphatic rings. The highest BCUT2D eigenvalue weighted by Gasteiger charge is 2.29. The summed E-state index contributed by atoms with van der Waals surface area (Å²) in [6.45, 7) is 12.1. The van der Waals surface area contributed by atoms with Gasteiger partial charge in [0.25, 0.3) is 0 Å². The highest BCUT2D eigenvalue weighted by atomic mass is 35.5. The fourth-order valence-electron chi connectivity index (χ4n) is 2.24. The number of rotatable bonds is 2. The number of carbonyl (C=O) groups is 1. The van der Waals surface area contributed by atoms with Gasteiger partial charge in [0.2, 0.25) is 0 Å². The number of benzene rings is 1. The Morgan fingerprint density at radius 1 is 1.09 bits per heavy atom. The number of nitrogens with two attached hydrogens (primary N) is 1. The molecule has 0 bridgehead atoms. The van der Waals surface area contributed by atoms with Crippen LogP contribution in [0.25, 0.3) is 0 Å². The smallest absolute Gasteiger partial charge is 0.327 e. The van der Waals surface area contributed by atoms with Crippen LogP contribution in [-0.2, 0) is 20.4 Å². The number of phenols is 1. The van der Waals surface area contributed by atoms with E-state index in [1.807, 2.05) is 41.5 Å². The van der Waals surface area contributed by atoms with Crippen LogP contribution in [0, 0.1) is 0 Å². The number of hydrogen-bond donors (Lipinski definition) is 2. The molecular weight excluding hydrogens is 302 g/mol. The summed E-state index contributed by atoms with van der Waals surface area (Å²) in [6, 6.07) is 2.75. The summed E-state index contributed by atoms with van der Waals surface area (Å²) < 4.78 is 4.72. The van der Waals surface area contributed by atoms with Crippen molar-refractivity contribution < 1.29 is 14.6 Å². The topological polar surface area (TPSA) is 72.5 Å². The molecule has 4 nitrogen and oxygen atoms in total. The lowest BCUT2D eigenvalue weighted by atomic mass is 9.78. The van der Waals surface area contributed by atoms with Crippen molar-refractivity contribution in [2.75, 3.05) is 7.11 Å². The molecule has 3 N–H and O–H groups in total. The van der Waals surface area contributed by atoms with E-state index < -0.39 is 12.0 Å². The summed E-state index contributed by atoms with van der Waals surface area (Å²) in [4.78, 5) is 11.7. The summed E-state index contributed by atoms with van der Waals surface area (Å²) in [5.74, 6) is -0.212. The van der Waals surface area contributed by atoms with Crippen molar-refractivity contribution in [2.24, 2.45) is 5.73 Å². The average molecular weight is 330 g/mol. The van der Waals surface area contributed by atoms with Gasteiger partial charge in [-0.3, -0.25) is 4.79 Å². The monoisotopic (exact) mass is 329 g/mol. The van der Waals surface area contributed by atoms with Gasteiger partial charge in [-0.05, 0) is 39.7 Å². The van der Waals surface area contributed by atoms with Crippen LogP contribution in [0.3, 0.4) is 0 Å². The fraction of sp³-hybridized carbons (Fsp3) is 0.588. The van der Waals surface area contributed by atoms with E-state index in [4.69, 9.17) is 10.5 Å². The van der Waals surface area contributed by atoms with E-state index >= 15 is 0 Å². The van der Waals surface area contributed by atoms with Gasteiger partial charge in [-0.25, -0.2) is 0 Å². The Bertz CT molecular complexity index is 507. The summed E-state index contributed by atoms with van der Waals surface area (Å²) in [6.07, 6.45) is 0. The van der Waals surface area contributed by atoms with Crippen molar-refractivity contribution in [3.63, 3.8) is 0 Å². The molecule has 1 rings (SSSR count).